The van der Waals surface area contributed by atoms with Gasteiger partial charge < -0.3 is 14.7 Å². The number of piperazine rings is 1. The summed E-state index contributed by atoms with van der Waals surface area (Å²) in [6, 6.07) is 16.2. The van der Waals surface area contributed by atoms with Crippen LogP contribution in [-0.2, 0) is 17.5 Å². The Morgan fingerprint density at radius 2 is 1.49 bits per heavy atom. The van der Waals surface area contributed by atoms with Crippen molar-refractivity contribution >= 4 is 29.1 Å². The first kappa shape index (κ1) is 28.7. The largest absolute Gasteiger partial charge is 0.416 e. The first-order valence-electron chi connectivity index (χ1n) is 14.3. The van der Waals surface area contributed by atoms with Gasteiger partial charge in [-0.05, 0) is 60.9 Å². The summed E-state index contributed by atoms with van der Waals surface area (Å²) in [6.45, 7) is 2.79. The van der Waals surface area contributed by atoms with Gasteiger partial charge in [-0.1, -0.05) is 24.3 Å². The van der Waals surface area contributed by atoms with Crippen LogP contribution in [0.5, 0.6) is 0 Å². The molecule has 0 aliphatic carbocycles. The topological polar surface area (TPSA) is 64.2 Å². The summed E-state index contributed by atoms with van der Waals surface area (Å²) in [5, 5.41) is 0. The van der Waals surface area contributed by atoms with Crippen molar-refractivity contribution in [3.63, 3.8) is 0 Å². The zero-order chi connectivity index (χ0) is 30.3. The van der Waals surface area contributed by atoms with E-state index in [1.807, 2.05) is 15.9 Å². The molecule has 0 bridgehead atoms. The Bertz CT molecular complexity index is 1560. The molecule has 3 aliphatic heterocycles. The van der Waals surface area contributed by atoms with E-state index in [1.54, 1.807) is 29.2 Å². The number of hydrogen-bond acceptors (Lipinski definition) is 5. The molecule has 224 valence electrons. The van der Waals surface area contributed by atoms with Crippen molar-refractivity contribution in [3.05, 3.63) is 94.8 Å². The van der Waals surface area contributed by atoms with Gasteiger partial charge in [-0.2, -0.15) is 13.2 Å². The number of benzene rings is 3. The summed E-state index contributed by atoms with van der Waals surface area (Å²) in [5.41, 5.74) is 1.62. The van der Waals surface area contributed by atoms with E-state index < -0.39 is 29.4 Å². The van der Waals surface area contributed by atoms with Gasteiger partial charge in [-0.25, -0.2) is 4.39 Å². The van der Waals surface area contributed by atoms with Crippen LogP contribution in [0.25, 0.3) is 0 Å². The monoisotopic (exact) mass is 594 g/mol. The number of rotatable bonds is 5. The third kappa shape index (κ3) is 5.68. The summed E-state index contributed by atoms with van der Waals surface area (Å²) in [4.78, 5) is 46.7. The lowest BCUT2D eigenvalue weighted by molar-refractivity contribution is -0.137. The average Bonchev–Trinajstić information content (AvgIpc) is 3.25. The number of carbonyl (C=O) groups is 3. The Balaban J connectivity index is 1.07. The van der Waals surface area contributed by atoms with E-state index in [4.69, 9.17) is 0 Å². The highest BCUT2D eigenvalue weighted by atomic mass is 19.4. The molecular weight excluding hydrogens is 564 g/mol. The molecule has 2 fully saturated rings. The average molecular weight is 595 g/mol. The Morgan fingerprint density at radius 1 is 0.791 bits per heavy atom. The summed E-state index contributed by atoms with van der Waals surface area (Å²) >= 11 is 0. The van der Waals surface area contributed by atoms with E-state index >= 15 is 0 Å². The Morgan fingerprint density at radius 3 is 2.19 bits per heavy atom. The highest BCUT2D eigenvalue weighted by Gasteiger charge is 2.40. The lowest BCUT2D eigenvalue weighted by Gasteiger charge is -2.40. The van der Waals surface area contributed by atoms with Crippen molar-refractivity contribution < 1.29 is 31.9 Å². The molecule has 3 aromatic rings. The van der Waals surface area contributed by atoms with Crippen molar-refractivity contribution in [3.8, 4) is 0 Å². The molecule has 0 saturated carbocycles. The van der Waals surface area contributed by atoms with Crippen LogP contribution in [0.3, 0.4) is 0 Å². The van der Waals surface area contributed by atoms with E-state index in [0.29, 0.717) is 80.2 Å². The maximum atomic E-state index is 13.7. The summed E-state index contributed by atoms with van der Waals surface area (Å²) in [7, 11) is 0. The van der Waals surface area contributed by atoms with Gasteiger partial charge >= 0.3 is 6.18 Å². The molecule has 3 aliphatic rings. The molecule has 0 radical (unpaired) electrons. The number of carbonyl (C=O) groups excluding carboxylic acids is 3. The summed E-state index contributed by atoms with van der Waals surface area (Å²) in [5.74, 6) is -1.44. The number of anilines is 2. The number of amides is 3. The zero-order valence-electron chi connectivity index (χ0n) is 23.3. The van der Waals surface area contributed by atoms with Crippen molar-refractivity contribution in [1.29, 1.82) is 0 Å². The molecule has 0 unspecified atom stereocenters. The van der Waals surface area contributed by atoms with Gasteiger partial charge in [0.05, 0.1) is 28.9 Å². The SMILES string of the molecule is O=C(C1CCN(c2cccc3c2C(=O)N(Cc2cccc(F)c2)C3=O)CC1)N1CCN(c2cccc(C(F)(F)F)c2)CC1. The van der Waals surface area contributed by atoms with E-state index in [-0.39, 0.29) is 18.4 Å². The zero-order valence-corrected chi connectivity index (χ0v) is 23.3. The lowest BCUT2D eigenvalue weighted by Crippen LogP contribution is -2.51. The molecule has 0 N–H and O–H groups in total. The maximum absolute atomic E-state index is 13.7. The number of halogens is 4. The number of imide groups is 1. The first-order valence-corrected chi connectivity index (χ1v) is 14.3. The molecule has 0 aromatic heterocycles. The molecular formula is C32H30F4N4O3. The number of piperidine rings is 1. The van der Waals surface area contributed by atoms with Crippen molar-refractivity contribution in [2.24, 2.45) is 5.92 Å². The second kappa shape index (κ2) is 11.3. The van der Waals surface area contributed by atoms with Gasteiger partial charge in [0.2, 0.25) is 5.91 Å². The molecule has 3 amide bonds. The minimum atomic E-state index is -4.41. The van der Waals surface area contributed by atoms with Gasteiger partial charge in [0, 0.05) is 50.9 Å². The Labute approximate surface area is 246 Å². The number of alkyl halides is 3. The molecule has 3 heterocycles. The van der Waals surface area contributed by atoms with Crippen LogP contribution in [0.1, 0.15) is 44.7 Å². The standard InChI is InChI=1S/C32H30F4N4O3/c33-24-6-1-4-21(18-24)20-40-30(42)26-8-3-9-27(28(26)31(40)43)38-12-10-22(11-13-38)29(41)39-16-14-37(15-17-39)25-7-2-5-23(19-25)32(34,35)36/h1-9,18-19,22H,10-17,20H2. The Kier molecular flexibility index (Phi) is 7.57. The highest BCUT2D eigenvalue weighted by Crippen LogP contribution is 2.35. The Hall–Kier alpha value is -4.41. The molecule has 11 heteroatoms. The second-order valence-electron chi connectivity index (χ2n) is 11.1. The van der Waals surface area contributed by atoms with E-state index in [9.17, 15) is 31.9 Å². The van der Waals surface area contributed by atoms with Crippen LogP contribution in [0.4, 0.5) is 28.9 Å². The van der Waals surface area contributed by atoms with E-state index in [2.05, 4.69) is 0 Å². The van der Waals surface area contributed by atoms with Crippen LogP contribution in [0.2, 0.25) is 0 Å². The van der Waals surface area contributed by atoms with Gasteiger partial charge in [0.1, 0.15) is 5.82 Å². The second-order valence-corrected chi connectivity index (χ2v) is 11.1. The number of fused-ring (bicyclic) bond motifs is 1. The van der Waals surface area contributed by atoms with Crippen LogP contribution in [0, 0.1) is 11.7 Å². The molecule has 6 rings (SSSR count). The third-order valence-electron chi connectivity index (χ3n) is 8.52. The fourth-order valence-electron chi connectivity index (χ4n) is 6.23. The normalized spacial score (nSPS) is 18.0. The summed E-state index contributed by atoms with van der Waals surface area (Å²) in [6.07, 6.45) is -3.26. The van der Waals surface area contributed by atoms with Gasteiger partial charge in [0.15, 0.2) is 0 Å². The van der Waals surface area contributed by atoms with E-state index in [0.717, 1.165) is 17.0 Å². The van der Waals surface area contributed by atoms with Crippen molar-refractivity contribution in [2.45, 2.75) is 25.6 Å². The number of nitrogens with zero attached hydrogens (tertiary/aromatic N) is 4. The predicted octanol–water partition coefficient (Wildman–Crippen LogP) is 5.21. The van der Waals surface area contributed by atoms with Crippen LogP contribution in [0.15, 0.2) is 66.7 Å². The van der Waals surface area contributed by atoms with Crippen molar-refractivity contribution in [1.82, 2.24) is 9.80 Å². The van der Waals surface area contributed by atoms with Crippen LogP contribution < -0.4 is 9.80 Å². The lowest BCUT2D eigenvalue weighted by atomic mass is 9.93. The molecule has 0 spiro atoms. The first-order chi connectivity index (χ1) is 20.6. The molecule has 2 saturated heterocycles. The smallest absolute Gasteiger partial charge is 0.371 e. The molecule has 3 aromatic carbocycles. The van der Waals surface area contributed by atoms with Gasteiger partial charge in [-0.3, -0.25) is 19.3 Å². The quantitative estimate of drug-likeness (QED) is 0.300. The maximum Gasteiger partial charge on any atom is 0.416 e. The number of hydrogen-bond donors (Lipinski definition) is 0. The minimum Gasteiger partial charge on any atom is -0.371 e. The summed E-state index contributed by atoms with van der Waals surface area (Å²) < 4.78 is 53.1. The minimum absolute atomic E-state index is 0.0266. The van der Waals surface area contributed by atoms with Crippen LogP contribution in [-0.4, -0.2) is 66.8 Å². The van der Waals surface area contributed by atoms with Crippen molar-refractivity contribution in [2.75, 3.05) is 49.1 Å². The molecule has 7 nitrogen and oxygen atoms in total. The van der Waals surface area contributed by atoms with Gasteiger partial charge in [-0.15, -0.1) is 0 Å². The van der Waals surface area contributed by atoms with Crippen LogP contribution >= 0.6 is 0 Å². The fourth-order valence-corrected chi connectivity index (χ4v) is 6.23. The molecule has 43 heavy (non-hydrogen) atoms. The fraction of sp³-hybridized carbons (Fsp3) is 0.344. The van der Waals surface area contributed by atoms with Gasteiger partial charge in [0.25, 0.3) is 11.8 Å². The van der Waals surface area contributed by atoms with E-state index in [1.165, 1.54) is 24.3 Å². The molecule has 0 atom stereocenters. The predicted molar refractivity (Wildman–Crippen MR) is 152 cm³/mol. The third-order valence-corrected chi connectivity index (χ3v) is 8.52. The highest BCUT2D eigenvalue weighted by molar-refractivity contribution is 6.23.